The van der Waals surface area contributed by atoms with Crippen molar-refractivity contribution in [2.24, 2.45) is 0 Å². The van der Waals surface area contributed by atoms with Crippen LogP contribution in [0.2, 0.25) is 0 Å². The lowest BCUT2D eigenvalue weighted by Crippen LogP contribution is -2.10. The van der Waals surface area contributed by atoms with Crippen LogP contribution in [0.25, 0.3) is 0 Å². The van der Waals surface area contributed by atoms with Gasteiger partial charge in [0.1, 0.15) is 5.82 Å². The SMILES string of the molecule is CCCNc1ncc(Br)c(NCCCS(C)=O)n1. The van der Waals surface area contributed by atoms with Crippen LogP contribution in [0.5, 0.6) is 0 Å². The molecule has 1 unspecified atom stereocenters. The van der Waals surface area contributed by atoms with Gasteiger partial charge < -0.3 is 10.6 Å². The Kier molecular flexibility index (Phi) is 7.19. The van der Waals surface area contributed by atoms with E-state index in [0.717, 1.165) is 36.2 Å². The highest BCUT2D eigenvalue weighted by Crippen LogP contribution is 2.19. The van der Waals surface area contributed by atoms with Gasteiger partial charge in [0, 0.05) is 42.1 Å². The van der Waals surface area contributed by atoms with Crippen molar-refractivity contribution in [3.8, 4) is 0 Å². The molecule has 0 amide bonds. The lowest BCUT2D eigenvalue weighted by atomic mass is 10.4. The van der Waals surface area contributed by atoms with Crippen LogP contribution in [0.1, 0.15) is 19.8 Å². The second kappa shape index (κ2) is 8.42. The van der Waals surface area contributed by atoms with E-state index in [9.17, 15) is 4.21 Å². The fourth-order valence-electron chi connectivity index (χ4n) is 1.30. The molecule has 0 saturated carbocycles. The molecule has 1 heterocycles. The van der Waals surface area contributed by atoms with E-state index < -0.39 is 10.8 Å². The monoisotopic (exact) mass is 334 g/mol. The average Bonchev–Trinajstić information content (AvgIpc) is 2.34. The van der Waals surface area contributed by atoms with E-state index in [-0.39, 0.29) is 0 Å². The van der Waals surface area contributed by atoms with E-state index in [1.54, 1.807) is 12.5 Å². The van der Waals surface area contributed by atoms with Gasteiger partial charge in [-0.1, -0.05) is 6.92 Å². The first-order chi connectivity index (χ1) is 8.63. The molecule has 2 N–H and O–H groups in total. The Labute approximate surface area is 119 Å². The molecule has 0 radical (unpaired) electrons. The normalized spacial score (nSPS) is 12.2. The van der Waals surface area contributed by atoms with E-state index in [1.165, 1.54) is 0 Å². The molecule has 1 aromatic heterocycles. The van der Waals surface area contributed by atoms with Crippen molar-refractivity contribution in [1.29, 1.82) is 0 Å². The Morgan fingerprint density at radius 1 is 1.39 bits per heavy atom. The van der Waals surface area contributed by atoms with Gasteiger partial charge in [0.05, 0.1) is 4.47 Å². The van der Waals surface area contributed by atoms with Crippen LogP contribution in [0.4, 0.5) is 11.8 Å². The number of aromatic nitrogens is 2. The summed E-state index contributed by atoms with van der Waals surface area (Å²) in [5.41, 5.74) is 0. The Morgan fingerprint density at radius 2 is 2.17 bits per heavy atom. The lowest BCUT2D eigenvalue weighted by molar-refractivity contribution is 0.685. The maximum absolute atomic E-state index is 10.9. The maximum atomic E-state index is 10.9. The molecule has 0 aliphatic carbocycles. The molecule has 1 atom stereocenters. The summed E-state index contributed by atoms with van der Waals surface area (Å²) >= 11 is 3.40. The van der Waals surface area contributed by atoms with Crippen LogP contribution in [0.15, 0.2) is 10.7 Å². The zero-order chi connectivity index (χ0) is 13.4. The summed E-state index contributed by atoms with van der Waals surface area (Å²) < 4.78 is 11.8. The Morgan fingerprint density at radius 3 is 2.83 bits per heavy atom. The predicted octanol–water partition coefficient (Wildman–Crippen LogP) is 2.24. The number of nitrogens with zero attached hydrogens (tertiary/aromatic N) is 2. The third-order valence-electron chi connectivity index (χ3n) is 2.18. The first-order valence-electron chi connectivity index (χ1n) is 5.93. The summed E-state index contributed by atoms with van der Waals surface area (Å²) in [6.45, 7) is 3.70. The standard InChI is InChI=1S/C11H19BrN4OS/c1-3-5-14-11-15-8-9(12)10(16-11)13-6-4-7-18(2)17/h8H,3-7H2,1-2H3,(H2,13,14,15,16). The molecule has 7 heteroatoms. The van der Waals surface area contributed by atoms with Gasteiger partial charge in [-0.15, -0.1) is 0 Å². The van der Waals surface area contributed by atoms with Crippen molar-refractivity contribution in [2.75, 3.05) is 35.7 Å². The zero-order valence-electron chi connectivity index (χ0n) is 10.7. The number of rotatable bonds is 8. The summed E-state index contributed by atoms with van der Waals surface area (Å²) in [6, 6.07) is 0. The average molecular weight is 335 g/mol. The van der Waals surface area contributed by atoms with Gasteiger partial charge in [0.2, 0.25) is 5.95 Å². The predicted molar refractivity (Wildman–Crippen MR) is 80.6 cm³/mol. The highest BCUT2D eigenvalue weighted by Gasteiger charge is 2.04. The minimum Gasteiger partial charge on any atom is -0.369 e. The fourth-order valence-corrected chi connectivity index (χ4v) is 2.18. The molecule has 1 aromatic rings. The highest BCUT2D eigenvalue weighted by atomic mass is 79.9. The number of anilines is 2. The van der Waals surface area contributed by atoms with E-state index >= 15 is 0 Å². The molecule has 0 bridgehead atoms. The van der Waals surface area contributed by atoms with Gasteiger partial charge in [-0.3, -0.25) is 4.21 Å². The summed E-state index contributed by atoms with van der Waals surface area (Å²) in [6.07, 6.45) is 5.33. The van der Waals surface area contributed by atoms with Crippen molar-refractivity contribution in [2.45, 2.75) is 19.8 Å². The number of halogens is 1. The van der Waals surface area contributed by atoms with Crippen molar-refractivity contribution in [3.05, 3.63) is 10.7 Å². The molecule has 0 aliphatic rings. The number of nitrogens with one attached hydrogen (secondary N) is 2. The van der Waals surface area contributed by atoms with Crippen molar-refractivity contribution >= 4 is 38.5 Å². The lowest BCUT2D eigenvalue weighted by Gasteiger charge is -2.09. The summed E-state index contributed by atoms with van der Waals surface area (Å²) in [5, 5.41) is 6.35. The number of hydrogen-bond donors (Lipinski definition) is 2. The minimum atomic E-state index is -0.734. The molecule has 18 heavy (non-hydrogen) atoms. The first kappa shape index (κ1) is 15.4. The van der Waals surface area contributed by atoms with E-state index in [0.29, 0.717) is 11.7 Å². The van der Waals surface area contributed by atoms with Crippen LogP contribution in [-0.4, -0.2) is 39.3 Å². The molecule has 102 valence electrons. The first-order valence-corrected chi connectivity index (χ1v) is 8.45. The largest absolute Gasteiger partial charge is 0.369 e. The smallest absolute Gasteiger partial charge is 0.224 e. The van der Waals surface area contributed by atoms with E-state index in [1.807, 2.05) is 0 Å². The van der Waals surface area contributed by atoms with Crippen molar-refractivity contribution in [3.63, 3.8) is 0 Å². The zero-order valence-corrected chi connectivity index (χ0v) is 13.1. The van der Waals surface area contributed by atoms with E-state index in [4.69, 9.17) is 0 Å². The van der Waals surface area contributed by atoms with E-state index in [2.05, 4.69) is 43.5 Å². The van der Waals surface area contributed by atoms with Crippen LogP contribution in [0.3, 0.4) is 0 Å². The molecular weight excluding hydrogens is 316 g/mol. The molecular formula is C11H19BrN4OS. The van der Waals surface area contributed by atoms with Gasteiger partial charge in [-0.2, -0.15) is 4.98 Å². The van der Waals surface area contributed by atoms with Crippen LogP contribution in [0, 0.1) is 0 Å². The van der Waals surface area contributed by atoms with Crippen LogP contribution < -0.4 is 10.6 Å². The van der Waals surface area contributed by atoms with Gasteiger partial charge in [0.25, 0.3) is 0 Å². The Bertz CT molecular complexity index is 403. The molecule has 5 nitrogen and oxygen atoms in total. The Hall–Kier alpha value is -0.690. The second-order valence-electron chi connectivity index (χ2n) is 3.87. The van der Waals surface area contributed by atoms with Crippen molar-refractivity contribution < 1.29 is 4.21 Å². The topological polar surface area (TPSA) is 66.9 Å². The Balaban J connectivity index is 2.49. The fraction of sp³-hybridized carbons (Fsp3) is 0.636. The maximum Gasteiger partial charge on any atom is 0.224 e. The van der Waals surface area contributed by atoms with Crippen LogP contribution in [-0.2, 0) is 10.8 Å². The number of hydrogen-bond acceptors (Lipinski definition) is 5. The summed E-state index contributed by atoms with van der Waals surface area (Å²) in [5.74, 6) is 2.10. The molecule has 0 spiro atoms. The molecule has 1 rings (SSSR count). The molecule has 0 saturated heterocycles. The summed E-state index contributed by atoms with van der Waals surface area (Å²) in [4.78, 5) is 8.55. The molecule has 0 aliphatic heterocycles. The quantitative estimate of drug-likeness (QED) is 0.713. The third-order valence-corrected chi connectivity index (χ3v) is 3.62. The molecule has 0 aromatic carbocycles. The minimum absolute atomic E-state index is 0.626. The van der Waals surface area contributed by atoms with Gasteiger partial charge >= 0.3 is 0 Å². The van der Waals surface area contributed by atoms with Gasteiger partial charge in [-0.05, 0) is 28.8 Å². The van der Waals surface area contributed by atoms with Gasteiger partial charge in [0.15, 0.2) is 0 Å². The summed E-state index contributed by atoms with van der Waals surface area (Å²) in [7, 11) is -0.734. The van der Waals surface area contributed by atoms with Crippen LogP contribution >= 0.6 is 15.9 Å². The van der Waals surface area contributed by atoms with Crippen molar-refractivity contribution in [1.82, 2.24) is 9.97 Å². The third kappa shape index (κ3) is 5.77. The molecule has 0 fully saturated rings. The second-order valence-corrected chi connectivity index (χ2v) is 6.28. The van der Waals surface area contributed by atoms with Gasteiger partial charge in [-0.25, -0.2) is 4.98 Å². The highest BCUT2D eigenvalue weighted by molar-refractivity contribution is 9.10.